The van der Waals surface area contributed by atoms with Crippen LogP contribution in [0.2, 0.25) is 0 Å². The molecule has 20 heavy (non-hydrogen) atoms. The summed E-state index contributed by atoms with van der Waals surface area (Å²) in [6.07, 6.45) is 0.855. The lowest BCUT2D eigenvalue weighted by atomic mass is 10.2. The number of carbonyl (C=O) groups excluding carboxylic acids is 2. The Hall–Kier alpha value is -1.88. The third-order valence-electron chi connectivity index (χ3n) is 2.98. The van der Waals surface area contributed by atoms with Crippen molar-refractivity contribution in [3.8, 4) is 0 Å². The summed E-state index contributed by atoms with van der Waals surface area (Å²) >= 11 is 0. The molecule has 0 heterocycles. The zero-order chi connectivity index (χ0) is 14.8. The molecule has 5 heteroatoms. The number of amides is 2. The zero-order valence-corrected chi connectivity index (χ0v) is 11.8. The van der Waals surface area contributed by atoms with Gasteiger partial charge in [-0.05, 0) is 25.5 Å². The molecule has 0 aliphatic carbocycles. The first-order valence-corrected chi connectivity index (χ1v) is 6.91. The number of nitrogens with zero attached hydrogens (tertiary/aromatic N) is 1. The second-order valence-electron chi connectivity index (χ2n) is 4.42. The average Bonchev–Trinajstić information content (AvgIpc) is 2.48. The molecule has 0 aromatic heterocycles. The van der Waals surface area contributed by atoms with E-state index in [0.29, 0.717) is 31.6 Å². The molecule has 0 radical (unpaired) electrons. The molecule has 1 aromatic rings. The van der Waals surface area contributed by atoms with Gasteiger partial charge in [-0.25, -0.2) is 0 Å². The van der Waals surface area contributed by atoms with E-state index in [2.05, 4.69) is 5.32 Å². The Labute approximate surface area is 119 Å². The Morgan fingerprint density at radius 1 is 1.25 bits per heavy atom. The molecule has 0 unspecified atom stereocenters. The maximum Gasteiger partial charge on any atom is 0.251 e. The largest absolute Gasteiger partial charge is 0.396 e. The van der Waals surface area contributed by atoms with Crippen molar-refractivity contribution in [2.45, 2.75) is 19.8 Å². The number of rotatable bonds is 8. The number of carbonyl (C=O) groups is 2. The summed E-state index contributed by atoms with van der Waals surface area (Å²) in [7, 11) is 0. The van der Waals surface area contributed by atoms with E-state index in [1.54, 1.807) is 29.2 Å². The molecule has 0 fully saturated rings. The lowest BCUT2D eigenvalue weighted by Gasteiger charge is -2.20. The van der Waals surface area contributed by atoms with Gasteiger partial charge in [0.25, 0.3) is 5.91 Å². The first kappa shape index (κ1) is 16.2. The number of hydrogen-bond acceptors (Lipinski definition) is 3. The molecule has 0 aliphatic rings. The van der Waals surface area contributed by atoms with Crippen LogP contribution in [-0.4, -0.2) is 48.1 Å². The molecule has 0 spiro atoms. The van der Waals surface area contributed by atoms with Crippen molar-refractivity contribution in [3.63, 3.8) is 0 Å². The summed E-state index contributed by atoms with van der Waals surface area (Å²) in [6, 6.07) is 8.91. The molecule has 0 atom stereocenters. The standard InChI is InChI=1S/C15H22N2O3/c1-2-17(11-6-12-18)14(19)9-10-16-15(20)13-7-4-3-5-8-13/h3-5,7-8,18H,2,6,9-12H2,1H3,(H,16,20). The summed E-state index contributed by atoms with van der Waals surface area (Å²) in [5, 5.41) is 11.5. The van der Waals surface area contributed by atoms with Crippen molar-refractivity contribution in [1.82, 2.24) is 10.2 Å². The highest BCUT2D eigenvalue weighted by atomic mass is 16.3. The Balaban J connectivity index is 2.32. The topological polar surface area (TPSA) is 69.6 Å². The fourth-order valence-corrected chi connectivity index (χ4v) is 1.85. The summed E-state index contributed by atoms with van der Waals surface area (Å²) in [5.41, 5.74) is 0.590. The Bertz CT molecular complexity index is 420. The quantitative estimate of drug-likeness (QED) is 0.746. The fraction of sp³-hybridized carbons (Fsp3) is 0.467. The Morgan fingerprint density at radius 2 is 1.95 bits per heavy atom. The van der Waals surface area contributed by atoms with Gasteiger partial charge in [-0.15, -0.1) is 0 Å². The maximum atomic E-state index is 11.9. The van der Waals surface area contributed by atoms with Crippen LogP contribution in [0, 0.1) is 0 Å². The monoisotopic (exact) mass is 278 g/mol. The minimum Gasteiger partial charge on any atom is -0.396 e. The van der Waals surface area contributed by atoms with Gasteiger partial charge in [-0.2, -0.15) is 0 Å². The average molecular weight is 278 g/mol. The van der Waals surface area contributed by atoms with Crippen molar-refractivity contribution in [1.29, 1.82) is 0 Å². The molecular weight excluding hydrogens is 256 g/mol. The number of hydrogen-bond donors (Lipinski definition) is 2. The van der Waals surface area contributed by atoms with Gasteiger partial charge in [0.15, 0.2) is 0 Å². The van der Waals surface area contributed by atoms with Crippen LogP contribution in [0.4, 0.5) is 0 Å². The highest BCUT2D eigenvalue weighted by molar-refractivity contribution is 5.94. The zero-order valence-electron chi connectivity index (χ0n) is 11.8. The van der Waals surface area contributed by atoms with Crippen molar-refractivity contribution in [2.75, 3.05) is 26.2 Å². The molecule has 110 valence electrons. The van der Waals surface area contributed by atoms with Crippen LogP contribution in [-0.2, 0) is 4.79 Å². The SMILES string of the molecule is CCN(CCCO)C(=O)CCNC(=O)c1ccccc1. The molecule has 1 aromatic carbocycles. The van der Waals surface area contributed by atoms with Crippen molar-refractivity contribution in [3.05, 3.63) is 35.9 Å². The molecule has 1 rings (SSSR count). The Kier molecular flexibility index (Phi) is 7.35. The van der Waals surface area contributed by atoms with Crippen molar-refractivity contribution >= 4 is 11.8 Å². The molecule has 0 saturated carbocycles. The van der Waals surface area contributed by atoms with E-state index in [0.717, 1.165) is 0 Å². The van der Waals surface area contributed by atoms with Crippen LogP contribution in [0.25, 0.3) is 0 Å². The highest BCUT2D eigenvalue weighted by Crippen LogP contribution is 1.99. The molecule has 2 N–H and O–H groups in total. The van der Waals surface area contributed by atoms with Crippen molar-refractivity contribution in [2.24, 2.45) is 0 Å². The molecule has 5 nitrogen and oxygen atoms in total. The first-order valence-electron chi connectivity index (χ1n) is 6.91. The van der Waals surface area contributed by atoms with Gasteiger partial charge in [0.2, 0.25) is 5.91 Å². The fourth-order valence-electron chi connectivity index (χ4n) is 1.85. The first-order chi connectivity index (χ1) is 9.69. The van der Waals surface area contributed by atoms with Gasteiger partial charge in [0, 0.05) is 38.2 Å². The second kappa shape index (κ2) is 9.09. The van der Waals surface area contributed by atoms with Gasteiger partial charge in [-0.1, -0.05) is 18.2 Å². The predicted octanol–water partition coefficient (Wildman–Crippen LogP) is 1.04. The highest BCUT2D eigenvalue weighted by Gasteiger charge is 2.11. The molecule has 0 saturated heterocycles. The number of aliphatic hydroxyl groups excluding tert-OH is 1. The van der Waals surface area contributed by atoms with Crippen LogP contribution in [0.5, 0.6) is 0 Å². The third-order valence-corrected chi connectivity index (χ3v) is 2.98. The molecular formula is C15H22N2O3. The minimum atomic E-state index is -0.170. The van der Waals surface area contributed by atoms with Gasteiger partial charge in [-0.3, -0.25) is 9.59 Å². The normalized spacial score (nSPS) is 10.1. The van der Waals surface area contributed by atoms with E-state index in [9.17, 15) is 9.59 Å². The minimum absolute atomic E-state index is 0.00527. The van der Waals surface area contributed by atoms with Crippen LogP contribution < -0.4 is 5.32 Å². The second-order valence-corrected chi connectivity index (χ2v) is 4.42. The van der Waals surface area contributed by atoms with Crippen molar-refractivity contribution < 1.29 is 14.7 Å². The van der Waals surface area contributed by atoms with E-state index in [1.165, 1.54) is 0 Å². The number of aliphatic hydroxyl groups is 1. The number of nitrogens with one attached hydrogen (secondary N) is 1. The summed E-state index contributed by atoms with van der Waals surface area (Å²) in [5.74, 6) is -0.175. The molecule has 0 bridgehead atoms. The lowest BCUT2D eigenvalue weighted by Crippen LogP contribution is -2.35. The third kappa shape index (κ3) is 5.40. The van der Waals surface area contributed by atoms with E-state index in [-0.39, 0.29) is 24.8 Å². The van der Waals surface area contributed by atoms with Gasteiger partial charge in [0.05, 0.1) is 0 Å². The van der Waals surface area contributed by atoms with Gasteiger partial charge >= 0.3 is 0 Å². The summed E-state index contributed by atoms with van der Waals surface area (Å²) < 4.78 is 0. The van der Waals surface area contributed by atoms with Crippen LogP contribution in [0.1, 0.15) is 30.1 Å². The Morgan fingerprint density at radius 3 is 2.55 bits per heavy atom. The maximum absolute atomic E-state index is 11.9. The van der Waals surface area contributed by atoms with E-state index >= 15 is 0 Å². The predicted molar refractivity (Wildman–Crippen MR) is 77.3 cm³/mol. The van der Waals surface area contributed by atoms with E-state index in [1.807, 2.05) is 13.0 Å². The van der Waals surface area contributed by atoms with Gasteiger partial charge < -0.3 is 15.3 Å². The van der Waals surface area contributed by atoms with Crippen LogP contribution in [0.3, 0.4) is 0 Å². The number of benzene rings is 1. The summed E-state index contributed by atoms with van der Waals surface area (Å²) in [4.78, 5) is 25.3. The van der Waals surface area contributed by atoms with Crippen LogP contribution in [0.15, 0.2) is 30.3 Å². The summed E-state index contributed by atoms with van der Waals surface area (Å²) in [6.45, 7) is 3.47. The van der Waals surface area contributed by atoms with Gasteiger partial charge in [0.1, 0.15) is 0 Å². The van der Waals surface area contributed by atoms with E-state index in [4.69, 9.17) is 5.11 Å². The van der Waals surface area contributed by atoms with Crippen LogP contribution >= 0.6 is 0 Å². The molecule has 0 aliphatic heterocycles. The van der Waals surface area contributed by atoms with E-state index < -0.39 is 0 Å². The lowest BCUT2D eigenvalue weighted by molar-refractivity contribution is -0.131. The molecule has 2 amide bonds. The smallest absolute Gasteiger partial charge is 0.251 e.